The van der Waals surface area contributed by atoms with Gasteiger partial charge in [-0.25, -0.2) is 4.98 Å². The number of aliphatic hydroxyl groups is 1. The number of aromatic nitrogens is 2. The molecule has 1 atom stereocenters. The highest BCUT2D eigenvalue weighted by atomic mass is 16.3. The van der Waals surface area contributed by atoms with E-state index >= 15 is 0 Å². The Hall–Kier alpha value is -1.35. The van der Waals surface area contributed by atoms with Crippen LogP contribution in [0.25, 0.3) is 11.0 Å². The topological polar surface area (TPSA) is 38.1 Å². The molecule has 1 aromatic heterocycles. The van der Waals surface area contributed by atoms with Gasteiger partial charge in [0, 0.05) is 6.54 Å². The van der Waals surface area contributed by atoms with Gasteiger partial charge in [0.05, 0.1) is 11.0 Å². The lowest BCUT2D eigenvalue weighted by atomic mass is 10.2. The Labute approximate surface area is 102 Å². The second-order valence-corrected chi connectivity index (χ2v) is 4.41. The summed E-state index contributed by atoms with van der Waals surface area (Å²) in [6, 6.07) is 8.08. The van der Waals surface area contributed by atoms with E-state index in [0.29, 0.717) is 0 Å². The van der Waals surface area contributed by atoms with Gasteiger partial charge in [-0.1, -0.05) is 32.4 Å². The minimum atomic E-state index is -0.445. The lowest BCUT2D eigenvalue weighted by Crippen LogP contribution is -2.08. The largest absolute Gasteiger partial charge is 0.385 e. The van der Waals surface area contributed by atoms with Gasteiger partial charge in [-0.2, -0.15) is 0 Å². The summed E-state index contributed by atoms with van der Waals surface area (Å²) in [6.07, 6.45) is 2.34. The Bertz CT molecular complexity index is 490. The van der Waals surface area contributed by atoms with Crippen molar-refractivity contribution in [2.75, 3.05) is 0 Å². The van der Waals surface area contributed by atoms with E-state index in [4.69, 9.17) is 0 Å². The SMILES string of the molecule is CCC[C@H](O)c1nc2ccccc2n1CCC. The van der Waals surface area contributed by atoms with Crippen LogP contribution in [-0.4, -0.2) is 14.7 Å². The normalized spacial score (nSPS) is 13.1. The van der Waals surface area contributed by atoms with Crippen molar-refractivity contribution in [2.45, 2.75) is 45.8 Å². The number of imidazole rings is 1. The second-order valence-electron chi connectivity index (χ2n) is 4.41. The number of benzene rings is 1. The molecule has 0 aliphatic carbocycles. The van der Waals surface area contributed by atoms with E-state index in [-0.39, 0.29) is 0 Å². The van der Waals surface area contributed by atoms with Crippen LogP contribution in [-0.2, 0) is 6.54 Å². The zero-order valence-electron chi connectivity index (χ0n) is 10.6. The third-order valence-corrected chi connectivity index (χ3v) is 2.99. The molecule has 0 saturated heterocycles. The average molecular weight is 232 g/mol. The molecule has 3 nitrogen and oxygen atoms in total. The van der Waals surface area contributed by atoms with Gasteiger partial charge in [0.2, 0.25) is 0 Å². The molecule has 0 saturated carbocycles. The lowest BCUT2D eigenvalue weighted by molar-refractivity contribution is 0.152. The maximum absolute atomic E-state index is 10.1. The van der Waals surface area contributed by atoms with Crippen LogP contribution in [0.15, 0.2) is 24.3 Å². The molecule has 0 spiro atoms. The lowest BCUT2D eigenvalue weighted by Gasteiger charge is -2.12. The molecule has 0 amide bonds. The summed E-state index contributed by atoms with van der Waals surface area (Å²) in [5.74, 6) is 0.815. The van der Waals surface area contributed by atoms with Gasteiger partial charge in [0.25, 0.3) is 0 Å². The van der Waals surface area contributed by atoms with Crippen molar-refractivity contribution in [1.29, 1.82) is 0 Å². The zero-order chi connectivity index (χ0) is 12.3. The number of hydrogen-bond acceptors (Lipinski definition) is 2. The summed E-state index contributed by atoms with van der Waals surface area (Å²) in [5.41, 5.74) is 2.10. The van der Waals surface area contributed by atoms with Gasteiger partial charge < -0.3 is 9.67 Å². The van der Waals surface area contributed by atoms with Crippen molar-refractivity contribution in [3.05, 3.63) is 30.1 Å². The molecule has 0 aliphatic rings. The summed E-state index contributed by atoms with van der Waals surface area (Å²) in [6.45, 7) is 5.14. The maximum Gasteiger partial charge on any atom is 0.138 e. The molecule has 1 aromatic carbocycles. The number of aliphatic hydroxyl groups excluding tert-OH is 1. The van der Waals surface area contributed by atoms with Crippen LogP contribution in [0.2, 0.25) is 0 Å². The molecule has 0 radical (unpaired) electrons. The van der Waals surface area contributed by atoms with Crippen molar-refractivity contribution in [3.8, 4) is 0 Å². The van der Waals surface area contributed by atoms with Crippen LogP contribution in [0.4, 0.5) is 0 Å². The fraction of sp³-hybridized carbons (Fsp3) is 0.500. The van der Waals surface area contributed by atoms with E-state index < -0.39 is 6.10 Å². The van der Waals surface area contributed by atoms with Crippen LogP contribution >= 0.6 is 0 Å². The highest BCUT2D eigenvalue weighted by molar-refractivity contribution is 5.75. The Morgan fingerprint density at radius 1 is 1.24 bits per heavy atom. The van der Waals surface area contributed by atoms with Crippen molar-refractivity contribution >= 4 is 11.0 Å². The van der Waals surface area contributed by atoms with Crippen molar-refractivity contribution in [3.63, 3.8) is 0 Å². The molecule has 0 bridgehead atoms. The molecular formula is C14H20N2O. The van der Waals surface area contributed by atoms with Crippen LogP contribution in [0.5, 0.6) is 0 Å². The van der Waals surface area contributed by atoms with Crippen LogP contribution in [0, 0.1) is 0 Å². The van der Waals surface area contributed by atoms with E-state index in [9.17, 15) is 5.11 Å². The smallest absolute Gasteiger partial charge is 0.138 e. The van der Waals surface area contributed by atoms with Gasteiger partial charge in [0.1, 0.15) is 11.9 Å². The summed E-state index contributed by atoms with van der Waals surface area (Å²) >= 11 is 0. The minimum absolute atomic E-state index is 0.445. The molecule has 1 N–H and O–H groups in total. The highest BCUT2D eigenvalue weighted by Crippen LogP contribution is 2.23. The number of aryl methyl sites for hydroxylation is 1. The second kappa shape index (κ2) is 5.32. The van der Waals surface area contributed by atoms with E-state index in [1.54, 1.807) is 0 Å². The number of rotatable bonds is 5. The molecule has 2 rings (SSSR count). The number of nitrogens with zero attached hydrogens (tertiary/aromatic N) is 2. The van der Waals surface area contributed by atoms with Gasteiger partial charge in [-0.15, -0.1) is 0 Å². The van der Waals surface area contributed by atoms with E-state index in [2.05, 4.69) is 29.5 Å². The Morgan fingerprint density at radius 3 is 2.71 bits per heavy atom. The number of fused-ring (bicyclic) bond motifs is 1. The standard InChI is InChI=1S/C14H20N2O/c1-3-7-13(17)14-15-11-8-5-6-9-12(11)16(14)10-4-2/h5-6,8-9,13,17H,3-4,7,10H2,1-2H3/t13-/m0/s1. The molecule has 17 heavy (non-hydrogen) atoms. The summed E-state index contributed by atoms with van der Waals surface area (Å²) in [4.78, 5) is 4.56. The van der Waals surface area contributed by atoms with Crippen molar-refractivity contribution < 1.29 is 5.11 Å². The Balaban J connectivity index is 2.49. The predicted octanol–water partition coefficient (Wildman–Crippen LogP) is 3.28. The molecule has 3 heteroatoms. The summed E-state index contributed by atoms with van der Waals surface area (Å²) < 4.78 is 2.15. The maximum atomic E-state index is 10.1. The molecular weight excluding hydrogens is 212 g/mol. The molecule has 1 heterocycles. The number of para-hydroxylation sites is 2. The molecule has 0 aliphatic heterocycles. The first kappa shape index (κ1) is 12.1. The van der Waals surface area contributed by atoms with Crippen molar-refractivity contribution in [1.82, 2.24) is 9.55 Å². The molecule has 0 fully saturated rings. The first-order valence-corrected chi connectivity index (χ1v) is 6.41. The first-order valence-electron chi connectivity index (χ1n) is 6.41. The molecule has 92 valence electrons. The third-order valence-electron chi connectivity index (χ3n) is 2.99. The summed E-state index contributed by atoms with van der Waals surface area (Å²) in [5, 5.41) is 10.1. The van der Waals surface area contributed by atoms with Gasteiger partial charge in [-0.3, -0.25) is 0 Å². The fourth-order valence-corrected chi connectivity index (χ4v) is 2.21. The zero-order valence-corrected chi connectivity index (χ0v) is 10.6. The minimum Gasteiger partial charge on any atom is -0.385 e. The Morgan fingerprint density at radius 2 is 2.00 bits per heavy atom. The van der Waals surface area contributed by atoms with Gasteiger partial charge in [0.15, 0.2) is 0 Å². The monoisotopic (exact) mass is 232 g/mol. The van der Waals surface area contributed by atoms with Gasteiger partial charge in [-0.05, 0) is 25.0 Å². The predicted molar refractivity (Wildman–Crippen MR) is 69.9 cm³/mol. The van der Waals surface area contributed by atoms with Gasteiger partial charge >= 0.3 is 0 Å². The fourth-order valence-electron chi connectivity index (χ4n) is 2.21. The highest BCUT2D eigenvalue weighted by Gasteiger charge is 2.16. The van der Waals surface area contributed by atoms with Crippen LogP contribution in [0.1, 0.15) is 45.0 Å². The van der Waals surface area contributed by atoms with E-state index in [1.165, 1.54) is 0 Å². The quantitative estimate of drug-likeness (QED) is 0.859. The van der Waals surface area contributed by atoms with Crippen LogP contribution < -0.4 is 0 Å². The average Bonchev–Trinajstić information content (AvgIpc) is 2.70. The number of hydrogen-bond donors (Lipinski definition) is 1. The summed E-state index contributed by atoms with van der Waals surface area (Å²) in [7, 11) is 0. The van der Waals surface area contributed by atoms with E-state index in [1.807, 2.05) is 18.2 Å². The molecule has 0 unspecified atom stereocenters. The Kier molecular flexibility index (Phi) is 3.79. The first-order chi connectivity index (χ1) is 8.27. The molecule has 2 aromatic rings. The third kappa shape index (κ3) is 2.34. The van der Waals surface area contributed by atoms with Crippen LogP contribution in [0.3, 0.4) is 0 Å². The van der Waals surface area contributed by atoms with Crippen molar-refractivity contribution in [2.24, 2.45) is 0 Å². The van der Waals surface area contributed by atoms with E-state index in [0.717, 1.165) is 42.7 Å².